The van der Waals surface area contributed by atoms with Gasteiger partial charge in [-0.2, -0.15) is 4.31 Å². The van der Waals surface area contributed by atoms with Crippen molar-refractivity contribution >= 4 is 15.9 Å². The van der Waals surface area contributed by atoms with E-state index in [0.717, 1.165) is 0 Å². The van der Waals surface area contributed by atoms with Crippen molar-refractivity contribution in [2.45, 2.75) is 23.5 Å². The zero-order valence-corrected chi connectivity index (χ0v) is 14.5. The molecular formula is C16H22N2O5S. The SMILES string of the molecule is COCC(=O)N1CCC2(CC1)OCCN2S(=O)(=O)c1ccccc1. The number of carbonyl (C=O) groups excluding carboxylic acids is 1. The van der Waals surface area contributed by atoms with E-state index in [1.807, 2.05) is 0 Å². The Kier molecular flexibility index (Phi) is 4.91. The van der Waals surface area contributed by atoms with Crippen LogP contribution in [0.15, 0.2) is 35.2 Å². The Morgan fingerprint density at radius 2 is 1.88 bits per heavy atom. The summed E-state index contributed by atoms with van der Waals surface area (Å²) in [6.45, 7) is 1.67. The first-order chi connectivity index (χ1) is 11.5. The summed E-state index contributed by atoms with van der Waals surface area (Å²) < 4.78 is 38.2. The minimum Gasteiger partial charge on any atom is -0.375 e. The quantitative estimate of drug-likeness (QED) is 0.794. The number of rotatable bonds is 4. The molecule has 1 spiro atoms. The van der Waals surface area contributed by atoms with Crippen molar-refractivity contribution in [3.8, 4) is 0 Å². The molecule has 8 heteroatoms. The zero-order valence-electron chi connectivity index (χ0n) is 13.7. The van der Waals surface area contributed by atoms with E-state index in [2.05, 4.69) is 0 Å². The molecule has 2 fully saturated rings. The van der Waals surface area contributed by atoms with Crippen LogP contribution in [-0.4, -0.2) is 69.2 Å². The van der Waals surface area contributed by atoms with Crippen LogP contribution in [0.4, 0.5) is 0 Å². The first kappa shape index (κ1) is 17.3. The van der Waals surface area contributed by atoms with Crippen molar-refractivity contribution in [2.75, 3.05) is 40.0 Å². The summed E-state index contributed by atoms with van der Waals surface area (Å²) in [5, 5.41) is 0. The topological polar surface area (TPSA) is 76.2 Å². The van der Waals surface area contributed by atoms with E-state index in [4.69, 9.17) is 9.47 Å². The lowest BCUT2D eigenvalue weighted by Gasteiger charge is -2.42. The van der Waals surface area contributed by atoms with Gasteiger partial charge in [0.2, 0.25) is 15.9 Å². The van der Waals surface area contributed by atoms with Gasteiger partial charge in [-0.3, -0.25) is 4.79 Å². The summed E-state index contributed by atoms with van der Waals surface area (Å²) in [6.07, 6.45) is 0.934. The van der Waals surface area contributed by atoms with Gasteiger partial charge in [-0.15, -0.1) is 0 Å². The fraction of sp³-hybridized carbons (Fsp3) is 0.562. The Bertz CT molecular complexity index is 684. The summed E-state index contributed by atoms with van der Waals surface area (Å²) in [7, 11) is -2.13. The van der Waals surface area contributed by atoms with Gasteiger partial charge < -0.3 is 14.4 Å². The van der Waals surface area contributed by atoms with Crippen molar-refractivity contribution in [3.05, 3.63) is 30.3 Å². The number of likely N-dealkylation sites (tertiary alicyclic amines) is 1. The largest absolute Gasteiger partial charge is 0.375 e. The maximum Gasteiger partial charge on any atom is 0.248 e. The molecule has 1 aromatic carbocycles. The number of carbonyl (C=O) groups is 1. The van der Waals surface area contributed by atoms with E-state index < -0.39 is 15.7 Å². The molecule has 0 radical (unpaired) electrons. The van der Waals surface area contributed by atoms with Gasteiger partial charge in [-0.25, -0.2) is 8.42 Å². The van der Waals surface area contributed by atoms with E-state index in [0.29, 0.717) is 39.1 Å². The van der Waals surface area contributed by atoms with E-state index in [1.54, 1.807) is 35.2 Å². The predicted molar refractivity (Wildman–Crippen MR) is 86.7 cm³/mol. The molecular weight excluding hydrogens is 332 g/mol. The summed E-state index contributed by atoms with van der Waals surface area (Å²) >= 11 is 0. The fourth-order valence-electron chi connectivity index (χ4n) is 3.37. The number of ether oxygens (including phenoxy) is 2. The van der Waals surface area contributed by atoms with Crippen molar-refractivity contribution in [3.63, 3.8) is 0 Å². The first-order valence-corrected chi connectivity index (χ1v) is 9.42. The number of amides is 1. The van der Waals surface area contributed by atoms with Crippen LogP contribution in [0.2, 0.25) is 0 Å². The van der Waals surface area contributed by atoms with Crippen molar-refractivity contribution in [1.82, 2.24) is 9.21 Å². The van der Waals surface area contributed by atoms with Crippen molar-refractivity contribution in [1.29, 1.82) is 0 Å². The van der Waals surface area contributed by atoms with Crippen LogP contribution in [0.5, 0.6) is 0 Å². The van der Waals surface area contributed by atoms with Gasteiger partial charge in [0, 0.05) is 39.6 Å². The normalized spacial score (nSPS) is 21.3. The lowest BCUT2D eigenvalue weighted by Crippen LogP contribution is -2.56. The van der Waals surface area contributed by atoms with E-state index in [-0.39, 0.29) is 17.4 Å². The van der Waals surface area contributed by atoms with Crippen LogP contribution < -0.4 is 0 Å². The van der Waals surface area contributed by atoms with E-state index in [1.165, 1.54) is 11.4 Å². The molecule has 0 atom stereocenters. The maximum absolute atomic E-state index is 13.0. The third-order valence-electron chi connectivity index (χ3n) is 4.62. The van der Waals surface area contributed by atoms with Crippen LogP contribution in [0.3, 0.4) is 0 Å². The lowest BCUT2D eigenvalue weighted by atomic mass is 10.0. The van der Waals surface area contributed by atoms with Gasteiger partial charge in [0.15, 0.2) is 0 Å². The number of hydrogen-bond acceptors (Lipinski definition) is 5. The second kappa shape index (κ2) is 6.79. The monoisotopic (exact) mass is 354 g/mol. The van der Waals surface area contributed by atoms with Gasteiger partial charge in [-0.1, -0.05) is 18.2 Å². The molecule has 0 bridgehead atoms. The number of benzene rings is 1. The molecule has 1 amide bonds. The van der Waals surface area contributed by atoms with Crippen LogP contribution in [0.1, 0.15) is 12.8 Å². The van der Waals surface area contributed by atoms with Gasteiger partial charge >= 0.3 is 0 Å². The molecule has 2 aliphatic rings. The average molecular weight is 354 g/mol. The van der Waals surface area contributed by atoms with Gasteiger partial charge in [0.05, 0.1) is 11.5 Å². The fourth-order valence-corrected chi connectivity index (χ4v) is 5.11. The summed E-state index contributed by atoms with van der Waals surface area (Å²) in [6, 6.07) is 8.40. The Morgan fingerprint density at radius 1 is 1.21 bits per heavy atom. The zero-order chi connectivity index (χ0) is 17.2. The number of methoxy groups -OCH3 is 1. The third-order valence-corrected chi connectivity index (χ3v) is 6.58. The summed E-state index contributed by atoms with van der Waals surface area (Å²) in [5.74, 6) is -0.0807. The molecule has 2 aliphatic heterocycles. The van der Waals surface area contributed by atoms with Crippen LogP contribution in [-0.2, 0) is 24.3 Å². The molecule has 2 saturated heterocycles. The number of piperidine rings is 1. The highest BCUT2D eigenvalue weighted by Gasteiger charge is 2.50. The molecule has 1 aromatic rings. The molecule has 0 saturated carbocycles. The molecule has 24 heavy (non-hydrogen) atoms. The highest BCUT2D eigenvalue weighted by atomic mass is 32.2. The Morgan fingerprint density at radius 3 is 2.50 bits per heavy atom. The minimum atomic E-state index is -3.61. The number of sulfonamides is 1. The molecule has 3 rings (SSSR count). The van der Waals surface area contributed by atoms with Crippen LogP contribution in [0, 0.1) is 0 Å². The van der Waals surface area contributed by atoms with Crippen LogP contribution >= 0.6 is 0 Å². The minimum absolute atomic E-state index is 0.0416. The van der Waals surface area contributed by atoms with E-state index >= 15 is 0 Å². The van der Waals surface area contributed by atoms with Crippen molar-refractivity contribution in [2.24, 2.45) is 0 Å². The molecule has 7 nitrogen and oxygen atoms in total. The molecule has 2 heterocycles. The Balaban J connectivity index is 1.78. The van der Waals surface area contributed by atoms with Gasteiger partial charge in [0.1, 0.15) is 12.3 Å². The average Bonchev–Trinajstić information content (AvgIpc) is 3.00. The van der Waals surface area contributed by atoms with E-state index in [9.17, 15) is 13.2 Å². The van der Waals surface area contributed by atoms with Crippen LogP contribution in [0.25, 0.3) is 0 Å². The number of hydrogen-bond donors (Lipinski definition) is 0. The molecule has 132 valence electrons. The summed E-state index contributed by atoms with van der Waals surface area (Å²) in [5.41, 5.74) is -0.849. The number of nitrogens with zero attached hydrogens (tertiary/aromatic N) is 2. The highest BCUT2D eigenvalue weighted by Crippen LogP contribution is 2.38. The highest BCUT2D eigenvalue weighted by molar-refractivity contribution is 7.89. The Hall–Kier alpha value is -1.48. The molecule has 0 N–H and O–H groups in total. The van der Waals surface area contributed by atoms with Gasteiger partial charge in [-0.05, 0) is 12.1 Å². The smallest absolute Gasteiger partial charge is 0.248 e. The maximum atomic E-state index is 13.0. The standard InChI is InChI=1S/C16H22N2O5S/c1-22-13-15(19)17-9-7-16(8-10-17)18(11-12-23-16)24(20,21)14-5-3-2-4-6-14/h2-6H,7-13H2,1H3. The Labute approximate surface area is 142 Å². The van der Waals surface area contributed by atoms with Crippen molar-refractivity contribution < 1.29 is 22.7 Å². The lowest BCUT2D eigenvalue weighted by molar-refractivity contribution is -0.143. The summed E-state index contributed by atoms with van der Waals surface area (Å²) in [4.78, 5) is 13.9. The van der Waals surface area contributed by atoms with Gasteiger partial charge in [0.25, 0.3) is 0 Å². The predicted octanol–water partition coefficient (Wildman–Crippen LogP) is 0.673. The second-order valence-corrected chi connectivity index (χ2v) is 7.86. The molecule has 0 aliphatic carbocycles. The third kappa shape index (κ3) is 3.06. The molecule has 0 unspecified atom stereocenters. The first-order valence-electron chi connectivity index (χ1n) is 7.98. The molecule has 0 aromatic heterocycles. The second-order valence-electron chi connectivity index (χ2n) is 6.00.